The van der Waals surface area contributed by atoms with Crippen molar-refractivity contribution in [1.82, 2.24) is 15.4 Å². The number of benzene rings is 8. The van der Waals surface area contributed by atoms with Crippen LogP contribution in [0.25, 0.3) is 97.4 Å². The minimum atomic E-state index is 0.217. The Kier molecular flexibility index (Phi) is 8.53. The molecule has 0 atom stereocenters. The van der Waals surface area contributed by atoms with Crippen LogP contribution in [0.3, 0.4) is 0 Å². The van der Waals surface area contributed by atoms with Gasteiger partial charge in [0.1, 0.15) is 0 Å². The topological polar surface area (TPSA) is 38.7 Å². The fourth-order valence-electron chi connectivity index (χ4n) is 7.97. The standard InChI is InChI=1S/C51H33N3Se/c1-4-18-34(19-5-1)37-24-10-12-26-40(37)49-50(41-27-13-11-25-38(41)35-20-6-2-7-21-35)52-54-53-51(49)44-31-16-29-39(36-22-8-3-9-23-36)47(44)43-30-17-33-46-48(43)42-28-14-15-32-45(42)55-46/h1-33H. The van der Waals surface area contributed by atoms with Gasteiger partial charge in [0, 0.05) is 0 Å². The van der Waals surface area contributed by atoms with Crippen LogP contribution in [0, 0.1) is 0 Å². The van der Waals surface area contributed by atoms with Gasteiger partial charge in [-0.25, -0.2) is 0 Å². The molecule has 0 fully saturated rings. The minimum absolute atomic E-state index is 0.217. The van der Waals surface area contributed by atoms with E-state index in [0.717, 1.165) is 72.6 Å². The van der Waals surface area contributed by atoms with Crippen LogP contribution in [0.2, 0.25) is 0 Å². The van der Waals surface area contributed by atoms with Crippen LogP contribution < -0.4 is 0 Å². The summed E-state index contributed by atoms with van der Waals surface area (Å²) >= 11 is 0.217. The summed E-state index contributed by atoms with van der Waals surface area (Å²) in [5.41, 5.74) is 14.7. The maximum absolute atomic E-state index is 5.05. The van der Waals surface area contributed by atoms with Crippen molar-refractivity contribution < 1.29 is 0 Å². The van der Waals surface area contributed by atoms with E-state index in [4.69, 9.17) is 10.2 Å². The molecule has 2 aromatic heterocycles. The smallest absolute Gasteiger partial charge is 0.0617 e. The first-order chi connectivity index (χ1) is 27.3. The molecule has 0 spiro atoms. The first-order valence-electron chi connectivity index (χ1n) is 18.5. The van der Waals surface area contributed by atoms with E-state index >= 15 is 0 Å². The molecule has 0 N–H and O–H groups in total. The number of nitrogens with zero attached hydrogens (tertiary/aromatic N) is 3. The van der Waals surface area contributed by atoms with Gasteiger partial charge in [0.25, 0.3) is 0 Å². The second-order valence-electron chi connectivity index (χ2n) is 13.6. The molecule has 0 aliphatic rings. The van der Waals surface area contributed by atoms with Crippen LogP contribution in [0.4, 0.5) is 0 Å². The Labute approximate surface area is 326 Å². The summed E-state index contributed by atoms with van der Waals surface area (Å²) in [5, 5.41) is 17.2. The van der Waals surface area contributed by atoms with Crippen LogP contribution in [-0.2, 0) is 0 Å². The molecule has 8 aromatic carbocycles. The van der Waals surface area contributed by atoms with Crippen LogP contribution in [0.1, 0.15) is 0 Å². The second kappa shape index (κ2) is 14.3. The van der Waals surface area contributed by atoms with Gasteiger partial charge in [0.05, 0.1) is 0 Å². The van der Waals surface area contributed by atoms with E-state index in [1.807, 2.05) is 0 Å². The van der Waals surface area contributed by atoms with Gasteiger partial charge in [-0.2, -0.15) is 0 Å². The van der Waals surface area contributed by atoms with E-state index in [9.17, 15) is 0 Å². The zero-order valence-corrected chi connectivity index (χ0v) is 31.5. The second-order valence-corrected chi connectivity index (χ2v) is 15.8. The molecule has 4 heteroatoms. The monoisotopic (exact) mass is 767 g/mol. The normalized spacial score (nSPS) is 11.3. The molecule has 0 saturated heterocycles. The third kappa shape index (κ3) is 5.89. The molecule has 0 aliphatic carbocycles. The molecular weight excluding hydrogens is 734 g/mol. The Morgan fingerprint density at radius 2 is 0.727 bits per heavy atom. The summed E-state index contributed by atoms with van der Waals surface area (Å²) in [6.07, 6.45) is 0. The predicted molar refractivity (Wildman–Crippen MR) is 230 cm³/mol. The zero-order valence-electron chi connectivity index (χ0n) is 29.8. The third-order valence-corrected chi connectivity index (χ3v) is 12.8. The van der Waals surface area contributed by atoms with E-state index in [1.165, 1.54) is 24.9 Å². The number of hydrogen-bond donors (Lipinski definition) is 0. The molecule has 10 aromatic rings. The van der Waals surface area contributed by atoms with Crippen molar-refractivity contribution in [2.75, 3.05) is 0 Å². The number of aromatic nitrogens is 3. The van der Waals surface area contributed by atoms with Gasteiger partial charge in [0.15, 0.2) is 0 Å². The number of hydrogen-bond acceptors (Lipinski definition) is 3. The van der Waals surface area contributed by atoms with Gasteiger partial charge in [-0.15, -0.1) is 0 Å². The van der Waals surface area contributed by atoms with Gasteiger partial charge in [-0.3, -0.25) is 0 Å². The van der Waals surface area contributed by atoms with E-state index in [0.29, 0.717) is 0 Å². The van der Waals surface area contributed by atoms with Crippen molar-refractivity contribution in [3.8, 4) is 78.1 Å². The Bertz CT molecular complexity index is 2970. The molecular formula is C51H33N3Se. The SMILES string of the molecule is c1ccc(-c2ccccc2-c2nnnc(-c3cccc(-c4ccccc4)c3-c3cccc4[se]c5ccccc5c34)c2-c2ccccc2-c2ccccc2)cc1. The molecule has 0 aliphatic heterocycles. The molecule has 0 bridgehead atoms. The summed E-state index contributed by atoms with van der Waals surface area (Å²) in [6, 6.07) is 71.3. The fraction of sp³-hybridized carbons (Fsp3) is 0. The quantitative estimate of drug-likeness (QED) is 0.152. The summed E-state index contributed by atoms with van der Waals surface area (Å²) < 4.78 is 2.81. The van der Waals surface area contributed by atoms with Crippen LogP contribution >= 0.6 is 0 Å². The molecule has 258 valence electrons. The van der Waals surface area contributed by atoms with Crippen LogP contribution in [-0.4, -0.2) is 29.9 Å². The van der Waals surface area contributed by atoms with E-state index in [2.05, 4.69) is 205 Å². The summed E-state index contributed by atoms with van der Waals surface area (Å²) in [4.78, 5) is 0. The van der Waals surface area contributed by atoms with Crippen LogP contribution in [0.15, 0.2) is 200 Å². The Morgan fingerprint density at radius 3 is 1.40 bits per heavy atom. The zero-order chi connectivity index (χ0) is 36.6. The first-order valence-corrected chi connectivity index (χ1v) is 20.2. The Morgan fingerprint density at radius 1 is 0.291 bits per heavy atom. The Hall–Kier alpha value is -6.71. The van der Waals surface area contributed by atoms with Gasteiger partial charge in [0.2, 0.25) is 0 Å². The van der Waals surface area contributed by atoms with Crippen molar-refractivity contribution in [3.63, 3.8) is 0 Å². The van der Waals surface area contributed by atoms with Gasteiger partial charge >= 0.3 is 303 Å². The molecule has 10 rings (SSSR count). The molecule has 0 unspecified atom stereocenters. The van der Waals surface area contributed by atoms with E-state index in [-0.39, 0.29) is 14.5 Å². The summed E-state index contributed by atoms with van der Waals surface area (Å²) in [7, 11) is 0. The fourth-order valence-corrected chi connectivity index (χ4v) is 10.3. The molecule has 0 amide bonds. The van der Waals surface area contributed by atoms with Gasteiger partial charge in [-0.05, 0) is 0 Å². The van der Waals surface area contributed by atoms with Crippen molar-refractivity contribution in [2.24, 2.45) is 0 Å². The maximum atomic E-state index is 5.05. The van der Waals surface area contributed by atoms with Crippen molar-refractivity contribution in [3.05, 3.63) is 200 Å². The molecule has 3 nitrogen and oxygen atoms in total. The molecule has 0 radical (unpaired) electrons. The van der Waals surface area contributed by atoms with Gasteiger partial charge < -0.3 is 0 Å². The summed E-state index contributed by atoms with van der Waals surface area (Å²) in [5.74, 6) is 0. The number of rotatable bonds is 7. The van der Waals surface area contributed by atoms with Crippen molar-refractivity contribution in [1.29, 1.82) is 0 Å². The molecule has 0 saturated carbocycles. The molecule has 55 heavy (non-hydrogen) atoms. The third-order valence-electron chi connectivity index (χ3n) is 10.4. The number of fused-ring (bicyclic) bond motifs is 3. The average molecular weight is 767 g/mol. The van der Waals surface area contributed by atoms with Crippen molar-refractivity contribution >= 4 is 33.8 Å². The average Bonchev–Trinajstić information content (AvgIpc) is 3.66. The Balaban J connectivity index is 1.35. The predicted octanol–water partition coefficient (Wildman–Crippen LogP) is 12.9. The van der Waals surface area contributed by atoms with Crippen LogP contribution in [0.5, 0.6) is 0 Å². The minimum Gasteiger partial charge on any atom is -0.0617 e. The van der Waals surface area contributed by atoms with E-state index in [1.54, 1.807) is 0 Å². The van der Waals surface area contributed by atoms with Crippen molar-refractivity contribution in [2.45, 2.75) is 0 Å². The summed E-state index contributed by atoms with van der Waals surface area (Å²) in [6.45, 7) is 0. The first kappa shape index (κ1) is 32.9. The van der Waals surface area contributed by atoms with E-state index < -0.39 is 0 Å². The molecule has 2 heterocycles. The van der Waals surface area contributed by atoms with Gasteiger partial charge in [-0.1, -0.05) is 24.3 Å².